The summed E-state index contributed by atoms with van der Waals surface area (Å²) in [5.41, 5.74) is 4.37. The maximum Gasteiger partial charge on any atom is 0.327 e. The van der Waals surface area contributed by atoms with Gasteiger partial charge in [-0.3, -0.25) is 4.79 Å². The van der Waals surface area contributed by atoms with Crippen molar-refractivity contribution < 1.29 is 22.7 Å². The lowest BCUT2D eigenvalue weighted by atomic mass is 10.1. The second-order valence-corrected chi connectivity index (χ2v) is 2.76. The van der Waals surface area contributed by atoms with Crippen molar-refractivity contribution in [1.29, 1.82) is 0 Å². The topological polar surface area (TPSA) is 52.3 Å². The maximum atomic E-state index is 13.1. The number of rotatable bonds is 2. The van der Waals surface area contributed by atoms with E-state index in [0.29, 0.717) is 12.1 Å². The Kier molecular flexibility index (Phi) is 5.26. The SMILES string of the molecule is COC(=O)[C@H](N)c1c(F)ccc(F)c1F.Cl. The van der Waals surface area contributed by atoms with Gasteiger partial charge < -0.3 is 10.5 Å². The Morgan fingerprint density at radius 2 is 1.81 bits per heavy atom. The van der Waals surface area contributed by atoms with Gasteiger partial charge in [-0.15, -0.1) is 12.4 Å². The van der Waals surface area contributed by atoms with Crippen LogP contribution in [0.15, 0.2) is 12.1 Å². The fourth-order valence-electron chi connectivity index (χ4n) is 1.07. The molecule has 0 saturated carbocycles. The second kappa shape index (κ2) is 5.72. The first-order chi connectivity index (χ1) is 6.99. The predicted octanol–water partition coefficient (Wildman–Crippen LogP) is 1.70. The van der Waals surface area contributed by atoms with Crippen molar-refractivity contribution in [3.05, 3.63) is 35.1 Å². The Morgan fingerprint density at radius 3 is 2.31 bits per heavy atom. The molecule has 0 aliphatic heterocycles. The summed E-state index contributed by atoms with van der Waals surface area (Å²) in [5, 5.41) is 0. The van der Waals surface area contributed by atoms with Crippen LogP contribution in [0.2, 0.25) is 0 Å². The van der Waals surface area contributed by atoms with E-state index < -0.39 is 35.0 Å². The second-order valence-electron chi connectivity index (χ2n) is 2.76. The minimum Gasteiger partial charge on any atom is -0.468 e. The molecule has 0 spiro atoms. The number of esters is 1. The number of carbonyl (C=O) groups excluding carboxylic acids is 1. The zero-order chi connectivity index (χ0) is 11.6. The summed E-state index contributed by atoms with van der Waals surface area (Å²) in [6.45, 7) is 0. The Labute approximate surface area is 95.8 Å². The van der Waals surface area contributed by atoms with Gasteiger partial charge >= 0.3 is 5.97 Å². The van der Waals surface area contributed by atoms with Gasteiger partial charge in [-0.05, 0) is 12.1 Å². The maximum absolute atomic E-state index is 13.1. The van der Waals surface area contributed by atoms with Gasteiger partial charge in [0.15, 0.2) is 11.6 Å². The lowest BCUT2D eigenvalue weighted by molar-refractivity contribution is -0.142. The highest BCUT2D eigenvalue weighted by molar-refractivity contribution is 5.85. The van der Waals surface area contributed by atoms with Crippen LogP contribution in [0.25, 0.3) is 0 Å². The molecule has 0 unspecified atom stereocenters. The molecular weight excluding hydrogens is 247 g/mol. The van der Waals surface area contributed by atoms with Crippen molar-refractivity contribution in [2.45, 2.75) is 6.04 Å². The van der Waals surface area contributed by atoms with Gasteiger partial charge in [0, 0.05) is 0 Å². The summed E-state index contributed by atoms with van der Waals surface area (Å²) >= 11 is 0. The highest BCUT2D eigenvalue weighted by Crippen LogP contribution is 2.22. The first-order valence-corrected chi connectivity index (χ1v) is 3.95. The fraction of sp³-hybridized carbons (Fsp3) is 0.222. The molecular formula is C9H9ClF3NO2. The van der Waals surface area contributed by atoms with E-state index in [9.17, 15) is 18.0 Å². The molecule has 0 fully saturated rings. The molecule has 0 aliphatic carbocycles. The van der Waals surface area contributed by atoms with Gasteiger partial charge in [-0.25, -0.2) is 13.2 Å². The minimum absolute atomic E-state index is 0. The zero-order valence-electron chi connectivity index (χ0n) is 8.17. The van der Waals surface area contributed by atoms with Crippen molar-refractivity contribution in [1.82, 2.24) is 0 Å². The number of benzene rings is 1. The van der Waals surface area contributed by atoms with Crippen molar-refractivity contribution >= 4 is 18.4 Å². The molecule has 2 N–H and O–H groups in total. The third kappa shape index (κ3) is 2.65. The van der Waals surface area contributed by atoms with Gasteiger partial charge in [0.05, 0.1) is 12.7 Å². The smallest absolute Gasteiger partial charge is 0.327 e. The predicted molar refractivity (Wildman–Crippen MR) is 52.5 cm³/mol. The quantitative estimate of drug-likeness (QED) is 0.646. The lowest BCUT2D eigenvalue weighted by Gasteiger charge is -2.11. The summed E-state index contributed by atoms with van der Waals surface area (Å²) < 4.78 is 43.1. The van der Waals surface area contributed by atoms with E-state index in [-0.39, 0.29) is 12.4 Å². The van der Waals surface area contributed by atoms with E-state index in [1.54, 1.807) is 0 Å². The first kappa shape index (κ1) is 14.7. The van der Waals surface area contributed by atoms with E-state index in [1.807, 2.05) is 0 Å². The van der Waals surface area contributed by atoms with Crippen LogP contribution >= 0.6 is 12.4 Å². The molecule has 16 heavy (non-hydrogen) atoms. The van der Waals surface area contributed by atoms with Gasteiger partial charge in [-0.1, -0.05) is 0 Å². The molecule has 0 radical (unpaired) electrons. The van der Waals surface area contributed by atoms with Gasteiger partial charge in [-0.2, -0.15) is 0 Å². The van der Waals surface area contributed by atoms with E-state index in [0.717, 1.165) is 7.11 Å². The summed E-state index contributed by atoms with van der Waals surface area (Å²) in [7, 11) is 1.01. The summed E-state index contributed by atoms with van der Waals surface area (Å²) in [6.07, 6.45) is 0. The van der Waals surface area contributed by atoms with Crippen molar-refractivity contribution in [3.8, 4) is 0 Å². The molecule has 1 aromatic carbocycles. The largest absolute Gasteiger partial charge is 0.468 e. The highest BCUT2D eigenvalue weighted by atomic mass is 35.5. The number of methoxy groups -OCH3 is 1. The average Bonchev–Trinajstić information content (AvgIpc) is 2.22. The molecule has 7 heteroatoms. The van der Waals surface area contributed by atoms with Crippen LogP contribution in [-0.4, -0.2) is 13.1 Å². The summed E-state index contributed by atoms with van der Waals surface area (Å²) in [5.74, 6) is -4.89. The van der Waals surface area contributed by atoms with Crippen molar-refractivity contribution in [2.24, 2.45) is 5.73 Å². The van der Waals surface area contributed by atoms with E-state index in [2.05, 4.69) is 4.74 Å². The van der Waals surface area contributed by atoms with Crippen molar-refractivity contribution in [3.63, 3.8) is 0 Å². The van der Waals surface area contributed by atoms with Crippen LogP contribution in [0.1, 0.15) is 11.6 Å². The normalized spacial score (nSPS) is 11.6. The molecule has 0 saturated heterocycles. The van der Waals surface area contributed by atoms with Crippen LogP contribution in [0.4, 0.5) is 13.2 Å². The number of carbonyl (C=O) groups is 1. The molecule has 3 nitrogen and oxygen atoms in total. The highest BCUT2D eigenvalue weighted by Gasteiger charge is 2.25. The average molecular weight is 256 g/mol. The Bertz CT molecular complexity index is 401. The molecule has 0 bridgehead atoms. The molecule has 0 heterocycles. The van der Waals surface area contributed by atoms with Gasteiger partial charge in [0.1, 0.15) is 11.9 Å². The minimum atomic E-state index is -1.68. The summed E-state index contributed by atoms with van der Waals surface area (Å²) in [4.78, 5) is 10.9. The monoisotopic (exact) mass is 255 g/mol. The van der Waals surface area contributed by atoms with Gasteiger partial charge in [0.2, 0.25) is 0 Å². The standard InChI is InChI=1S/C9H8F3NO2.ClH/c1-15-9(14)8(13)6-4(10)2-3-5(11)7(6)12;/h2-3,8H,13H2,1H3;1H/t8-;/m1./s1. The van der Waals surface area contributed by atoms with Crippen LogP contribution in [0.3, 0.4) is 0 Å². The van der Waals surface area contributed by atoms with Crippen LogP contribution < -0.4 is 5.73 Å². The third-order valence-electron chi connectivity index (χ3n) is 1.85. The first-order valence-electron chi connectivity index (χ1n) is 3.95. The van der Waals surface area contributed by atoms with Crippen LogP contribution in [0.5, 0.6) is 0 Å². The number of halogens is 4. The van der Waals surface area contributed by atoms with E-state index >= 15 is 0 Å². The number of ether oxygens (including phenoxy) is 1. The molecule has 0 aromatic heterocycles. The Hall–Kier alpha value is -1.27. The molecule has 0 amide bonds. The number of hydrogen-bond donors (Lipinski definition) is 1. The van der Waals surface area contributed by atoms with E-state index in [1.165, 1.54) is 0 Å². The van der Waals surface area contributed by atoms with Gasteiger partial charge in [0.25, 0.3) is 0 Å². The Balaban J connectivity index is 0.00000225. The number of hydrogen-bond acceptors (Lipinski definition) is 3. The van der Waals surface area contributed by atoms with Crippen LogP contribution in [0, 0.1) is 17.5 Å². The fourth-order valence-corrected chi connectivity index (χ4v) is 1.07. The molecule has 0 aliphatic rings. The Morgan fingerprint density at radius 1 is 1.31 bits per heavy atom. The molecule has 1 aromatic rings. The molecule has 1 rings (SSSR count). The lowest BCUT2D eigenvalue weighted by Crippen LogP contribution is -2.25. The van der Waals surface area contributed by atoms with E-state index in [4.69, 9.17) is 5.73 Å². The zero-order valence-corrected chi connectivity index (χ0v) is 8.98. The number of nitrogens with two attached hydrogens (primary N) is 1. The van der Waals surface area contributed by atoms with Crippen molar-refractivity contribution in [2.75, 3.05) is 7.11 Å². The molecule has 1 atom stereocenters. The van der Waals surface area contributed by atoms with Crippen LogP contribution in [-0.2, 0) is 9.53 Å². The summed E-state index contributed by atoms with van der Waals surface area (Å²) in [6, 6.07) is -0.375. The molecule has 90 valence electrons. The third-order valence-corrected chi connectivity index (χ3v) is 1.85.